The average molecular weight is 388 g/mol. The van der Waals surface area contributed by atoms with Crippen molar-refractivity contribution in [3.05, 3.63) is 35.9 Å². The fourth-order valence-corrected chi connectivity index (χ4v) is 4.74. The van der Waals surface area contributed by atoms with Gasteiger partial charge in [-0.15, -0.1) is 0 Å². The molecule has 2 N–H and O–H groups in total. The van der Waals surface area contributed by atoms with Crippen molar-refractivity contribution >= 4 is 12.0 Å². The molecule has 1 aromatic carbocycles. The van der Waals surface area contributed by atoms with E-state index in [0.717, 1.165) is 32.2 Å². The van der Waals surface area contributed by atoms with Crippen molar-refractivity contribution in [2.45, 2.75) is 57.5 Å². The Bertz CT molecular complexity index is 644. The third-order valence-electron chi connectivity index (χ3n) is 6.32. The number of urea groups is 1. The molecule has 0 bridgehead atoms. The summed E-state index contributed by atoms with van der Waals surface area (Å²) in [7, 11) is 0. The van der Waals surface area contributed by atoms with Gasteiger partial charge in [-0.25, -0.2) is 4.79 Å². The fourth-order valence-electron chi connectivity index (χ4n) is 4.74. The van der Waals surface area contributed by atoms with Crippen LogP contribution in [-0.4, -0.2) is 65.2 Å². The number of carboxylic acid groups (broad SMARTS) is 1. The zero-order chi connectivity index (χ0) is 19.9. The molecule has 3 rings (SSSR count). The number of amides is 2. The van der Waals surface area contributed by atoms with E-state index in [9.17, 15) is 9.59 Å². The molecule has 0 aromatic heterocycles. The summed E-state index contributed by atoms with van der Waals surface area (Å²) in [5, 5.41) is 12.3. The number of hydrogen-bond donors (Lipinski definition) is 2. The van der Waals surface area contributed by atoms with E-state index >= 15 is 0 Å². The summed E-state index contributed by atoms with van der Waals surface area (Å²) in [6.45, 7) is 4.20. The Balaban J connectivity index is 1.48. The van der Waals surface area contributed by atoms with E-state index in [1.807, 2.05) is 22.8 Å². The molecule has 28 heavy (non-hydrogen) atoms. The number of carbonyl (C=O) groups excluding carboxylic acids is 1. The van der Waals surface area contributed by atoms with E-state index in [4.69, 9.17) is 5.11 Å². The maximum atomic E-state index is 12.8. The van der Waals surface area contributed by atoms with Gasteiger partial charge in [0.05, 0.1) is 6.54 Å². The summed E-state index contributed by atoms with van der Waals surface area (Å²) in [6, 6.07) is 11.1. The molecule has 1 aromatic rings. The van der Waals surface area contributed by atoms with Gasteiger partial charge in [0, 0.05) is 25.2 Å². The van der Waals surface area contributed by atoms with Crippen LogP contribution in [-0.2, 0) is 11.2 Å². The normalized spacial score (nSPS) is 23.1. The molecule has 1 aliphatic heterocycles. The molecule has 6 nitrogen and oxygen atoms in total. The highest BCUT2D eigenvalue weighted by molar-refractivity contribution is 5.74. The number of nitrogens with zero attached hydrogens (tertiary/aromatic N) is 2. The molecule has 0 radical (unpaired) electrons. The standard InChI is InChI=1S/C22H33N3O3/c1-2-24(16-21(26)27)19-11-13-25(14-12-19)22(28)23-20-10-6-9-18(20)15-17-7-4-3-5-8-17/h3-5,7-8,18-20H,2,6,9-16H2,1H3,(H,23,28)(H,26,27). The maximum Gasteiger partial charge on any atom is 0.317 e. The lowest BCUT2D eigenvalue weighted by atomic mass is 9.94. The van der Waals surface area contributed by atoms with Gasteiger partial charge in [-0.2, -0.15) is 0 Å². The number of aliphatic carboxylic acids is 1. The van der Waals surface area contributed by atoms with Crippen LogP contribution in [0.1, 0.15) is 44.6 Å². The highest BCUT2D eigenvalue weighted by atomic mass is 16.4. The Hall–Kier alpha value is -2.08. The van der Waals surface area contributed by atoms with Crippen LogP contribution >= 0.6 is 0 Å². The second-order valence-electron chi connectivity index (χ2n) is 8.11. The smallest absolute Gasteiger partial charge is 0.317 e. The first-order valence-electron chi connectivity index (χ1n) is 10.6. The Morgan fingerprint density at radius 2 is 1.86 bits per heavy atom. The SMILES string of the molecule is CCN(CC(=O)O)C1CCN(C(=O)NC2CCCC2Cc2ccccc2)CC1. The number of benzene rings is 1. The third-order valence-corrected chi connectivity index (χ3v) is 6.32. The lowest BCUT2D eigenvalue weighted by Crippen LogP contribution is -2.52. The Morgan fingerprint density at radius 3 is 2.50 bits per heavy atom. The summed E-state index contributed by atoms with van der Waals surface area (Å²) in [5.74, 6) is -0.275. The van der Waals surface area contributed by atoms with Gasteiger partial charge in [-0.05, 0) is 50.1 Å². The summed E-state index contributed by atoms with van der Waals surface area (Å²) >= 11 is 0. The van der Waals surface area contributed by atoms with Gasteiger partial charge in [0.1, 0.15) is 0 Å². The van der Waals surface area contributed by atoms with E-state index in [-0.39, 0.29) is 24.7 Å². The number of piperidine rings is 1. The van der Waals surface area contributed by atoms with Crippen molar-refractivity contribution in [3.63, 3.8) is 0 Å². The molecular weight excluding hydrogens is 354 g/mol. The number of likely N-dealkylation sites (N-methyl/N-ethyl adjacent to an activating group) is 1. The van der Waals surface area contributed by atoms with Crippen LogP contribution in [0, 0.1) is 5.92 Å². The largest absolute Gasteiger partial charge is 0.480 e. The Labute approximate surface area is 167 Å². The molecular formula is C22H33N3O3. The van der Waals surface area contributed by atoms with Crippen molar-refractivity contribution in [2.75, 3.05) is 26.2 Å². The molecule has 1 saturated heterocycles. The number of carbonyl (C=O) groups is 2. The zero-order valence-electron chi connectivity index (χ0n) is 16.8. The molecule has 2 fully saturated rings. The summed E-state index contributed by atoms with van der Waals surface area (Å²) < 4.78 is 0. The first kappa shape index (κ1) is 20.6. The van der Waals surface area contributed by atoms with Gasteiger partial charge in [0.15, 0.2) is 0 Å². The van der Waals surface area contributed by atoms with Gasteiger partial charge in [0.25, 0.3) is 0 Å². The number of rotatable bonds is 7. The summed E-state index contributed by atoms with van der Waals surface area (Å²) in [6.07, 6.45) is 6.10. The lowest BCUT2D eigenvalue weighted by molar-refractivity contribution is -0.139. The number of likely N-dealkylation sites (tertiary alicyclic amines) is 1. The first-order valence-corrected chi connectivity index (χ1v) is 10.6. The fraction of sp³-hybridized carbons (Fsp3) is 0.636. The average Bonchev–Trinajstić information content (AvgIpc) is 3.13. The molecule has 154 valence electrons. The predicted octanol–water partition coefficient (Wildman–Crippen LogP) is 2.98. The molecule has 2 unspecified atom stereocenters. The van der Waals surface area contributed by atoms with E-state index in [0.29, 0.717) is 19.0 Å². The van der Waals surface area contributed by atoms with Crippen LogP contribution in [0.2, 0.25) is 0 Å². The summed E-state index contributed by atoms with van der Waals surface area (Å²) in [4.78, 5) is 27.7. The number of nitrogens with one attached hydrogen (secondary N) is 1. The van der Waals surface area contributed by atoms with Crippen LogP contribution in [0.4, 0.5) is 4.79 Å². The van der Waals surface area contributed by atoms with E-state index in [1.54, 1.807) is 0 Å². The first-order chi connectivity index (χ1) is 13.6. The quantitative estimate of drug-likeness (QED) is 0.754. The van der Waals surface area contributed by atoms with Crippen molar-refractivity contribution in [1.82, 2.24) is 15.1 Å². The van der Waals surface area contributed by atoms with Crippen LogP contribution in [0.25, 0.3) is 0 Å². The highest BCUT2D eigenvalue weighted by Gasteiger charge is 2.32. The van der Waals surface area contributed by atoms with Gasteiger partial charge < -0.3 is 15.3 Å². The van der Waals surface area contributed by atoms with Crippen LogP contribution in [0.15, 0.2) is 30.3 Å². The minimum atomic E-state index is -0.785. The van der Waals surface area contributed by atoms with E-state index < -0.39 is 5.97 Å². The van der Waals surface area contributed by atoms with Crippen molar-refractivity contribution in [3.8, 4) is 0 Å². The van der Waals surface area contributed by atoms with E-state index in [2.05, 4.69) is 29.6 Å². The molecule has 2 atom stereocenters. The second kappa shape index (κ2) is 9.92. The Kier molecular flexibility index (Phi) is 7.31. The molecule has 2 amide bonds. The monoisotopic (exact) mass is 387 g/mol. The number of hydrogen-bond acceptors (Lipinski definition) is 3. The minimum absolute atomic E-state index is 0.0460. The van der Waals surface area contributed by atoms with Crippen molar-refractivity contribution in [2.24, 2.45) is 5.92 Å². The molecule has 1 heterocycles. The van der Waals surface area contributed by atoms with Gasteiger partial charge in [-0.1, -0.05) is 43.7 Å². The molecule has 0 spiro atoms. The topological polar surface area (TPSA) is 72.9 Å². The van der Waals surface area contributed by atoms with Crippen LogP contribution < -0.4 is 5.32 Å². The van der Waals surface area contributed by atoms with Crippen molar-refractivity contribution < 1.29 is 14.7 Å². The van der Waals surface area contributed by atoms with Gasteiger partial charge in [-0.3, -0.25) is 9.69 Å². The maximum absolute atomic E-state index is 12.8. The Morgan fingerprint density at radius 1 is 1.14 bits per heavy atom. The van der Waals surface area contributed by atoms with Crippen LogP contribution in [0.3, 0.4) is 0 Å². The summed E-state index contributed by atoms with van der Waals surface area (Å²) in [5.41, 5.74) is 1.34. The third kappa shape index (κ3) is 5.47. The lowest BCUT2D eigenvalue weighted by Gasteiger charge is -2.38. The van der Waals surface area contributed by atoms with Crippen molar-refractivity contribution in [1.29, 1.82) is 0 Å². The van der Waals surface area contributed by atoms with E-state index in [1.165, 1.54) is 18.4 Å². The molecule has 1 saturated carbocycles. The molecule has 1 aliphatic carbocycles. The zero-order valence-corrected chi connectivity index (χ0v) is 16.8. The second-order valence-corrected chi connectivity index (χ2v) is 8.11. The predicted molar refractivity (Wildman–Crippen MR) is 109 cm³/mol. The molecule has 6 heteroatoms. The van der Waals surface area contributed by atoms with Gasteiger partial charge >= 0.3 is 12.0 Å². The van der Waals surface area contributed by atoms with Crippen LogP contribution in [0.5, 0.6) is 0 Å². The molecule has 2 aliphatic rings. The highest BCUT2D eigenvalue weighted by Crippen LogP contribution is 2.29. The van der Waals surface area contributed by atoms with Gasteiger partial charge in [0.2, 0.25) is 0 Å². The number of carboxylic acids is 1. The minimum Gasteiger partial charge on any atom is -0.480 e.